The summed E-state index contributed by atoms with van der Waals surface area (Å²) in [4.78, 5) is 3.44. The number of ether oxygens (including phenoxy) is 1. The van der Waals surface area contributed by atoms with Gasteiger partial charge in [0.25, 0.3) is 0 Å². The van der Waals surface area contributed by atoms with Crippen LogP contribution in [0.3, 0.4) is 0 Å². The first-order valence-electron chi connectivity index (χ1n) is 6.13. The quantitative estimate of drug-likeness (QED) is 0.934. The van der Waals surface area contributed by atoms with Crippen LogP contribution in [0, 0.1) is 0 Å². The van der Waals surface area contributed by atoms with E-state index in [4.69, 9.17) is 4.74 Å². The van der Waals surface area contributed by atoms with Crippen molar-refractivity contribution in [3.63, 3.8) is 0 Å². The number of aromatic amines is 1. The summed E-state index contributed by atoms with van der Waals surface area (Å²) in [6, 6.07) is 6.93. The standard InChI is InChI=1S/C13H14F3N3O/c1-3-20-8(2)9-4-6-10(7-5-9)11-17-12(19-18-11)13(14,15)16/h4-8H,3H2,1-2H3,(H,17,18,19). The Morgan fingerprint density at radius 2 is 1.90 bits per heavy atom. The van der Waals surface area contributed by atoms with Crippen LogP contribution in [-0.4, -0.2) is 21.8 Å². The van der Waals surface area contributed by atoms with Gasteiger partial charge in [-0.05, 0) is 19.4 Å². The van der Waals surface area contributed by atoms with Gasteiger partial charge in [0.1, 0.15) is 0 Å². The van der Waals surface area contributed by atoms with E-state index < -0.39 is 12.0 Å². The first-order valence-corrected chi connectivity index (χ1v) is 6.13. The van der Waals surface area contributed by atoms with Crippen LogP contribution in [0.1, 0.15) is 31.3 Å². The molecule has 0 bridgehead atoms. The second-order valence-electron chi connectivity index (χ2n) is 4.22. The van der Waals surface area contributed by atoms with Crippen LogP contribution >= 0.6 is 0 Å². The van der Waals surface area contributed by atoms with E-state index in [1.165, 1.54) is 0 Å². The minimum atomic E-state index is -4.52. The maximum absolute atomic E-state index is 12.4. The Morgan fingerprint density at radius 1 is 1.25 bits per heavy atom. The highest BCUT2D eigenvalue weighted by molar-refractivity contribution is 5.55. The highest BCUT2D eigenvalue weighted by atomic mass is 19.4. The van der Waals surface area contributed by atoms with E-state index in [2.05, 4.69) is 10.1 Å². The molecule has 2 aromatic rings. The highest BCUT2D eigenvalue weighted by Gasteiger charge is 2.35. The van der Waals surface area contributed by atoms with Gasteiger partial charge in [-0.2, -0.15) is 18.3 Å². The van der Waals surface area contributed by atoms with Gasteiger partial charge in [-0.3, -0.25) is 5.10 Å². The van der Waals surface area contributed by atoms with E-state index >= 15 is 0 Å². The van der Waals surface area contributed by atoms with Gasteiger partial charge < -0.3 is 4.74 Å². The number of H-pyrrole nitrogens is 1. The first-order chi connectivity index (χ1) is 9.41. The molecule has 0 fully saturated rings. The molecule has 0 aliphatic rings. The summed E-state index contributed by atoms with van der Waals surface area (Å²) < 4.78 is 42.7. The smallest absolute Gasteiger partial charge is 0.374 e. The average molecular weight is 285 g/mol. The van der Waals surface area contributed by atoms with Crippen LogP contribution in [0.2, 0.25) is 0 Å². The van der Waals surface area contributed by atoms with Crippen molar-refractivity contribution in [1.29, 1.82) is 0 Å². The van der Waals surface area contributed by atoms with E-state index in [-0.39, 0.29) is 11.9 Å². The van der Waals surface area contributed by atoms with Crippen LogP contribution in [0.5, 0.6) is 0 Å². The van der Waals surface area contributed by atoms with Gasteiger partial charge in [-0.25, -0.2) is 4.98 Å². The normalized spacial score (nSPS) is 13.4. The molecular weight excluding hydrogens is 271 g/mol. The van der Waals surface area contributed by atoms with Gasteiger partial charge in [-0.15, -0.1) is 0 Å². The number of aromatic nitrogens is 3. The third-order valence-corrected chi connectivity index (χ3v) is 2.81. The first kappa shape index (κ1) is 14.5. The van der Waals surface area contributed by atoms with Crippen LogP contribution in [0.25, 0.3) is 11.4 Å². The van der Waals surface area contributed by atoms with Gasteiger partial charge in [0.2, 0.25) is 5.82 Å². The molecule has 1 aromatic carbocycles. The molecule has 2 rings (SSSR count). The van der Waals surface area contributed by atoms with Crippen molar-refractivity contribution in [2.24, 2.45) is 0 Å². The summed E-state index contributed by atoms with van der Waals surface area (Å²) in [5, 5.41) is 5.47. The zero-order valence-corrected chi connectivity index (χ0v) is 11.0. The summed E-state index contributed by atoms with van der Waals surface area (Å²) in [6.07, 6.45) is -4.58. The Bertz CT molecular complexity index is 563. The third-order valence-electron chi connectivity index (χ3n) is 2.81. The minimum absolute atomic E-state index is 0.0212. The molecule has 4 nitrogen and oxygen atoms in total. The Balaban J connectivity index is 2.20. The number of halogens is 3. The Morgan fingerprint density at radius 3 is 2.40 bits per heavy atom. The van der Waals surface area contributed by atoms with Crippen molar-refractivity contribution in [3.8, 4) is 11.4 Å². The SMILES string of the molecule is CCOC(C)c1ccc(-c2n[nH]c(C(F)(F)F)n2)cc1. The number of rotatable bonds is 4. The van der Waals surface area contributed by atoms with Crippen molar-refractivity contribution in [2.45, 2.75) is 26.1 Å². The zero-order chi connectivity index (χ0) is 14.8. The van der Waals surface area contributed by atoms with Gasteiger partial charge in [0.15, 0.2) is 5.82 Å². The van der Waals surface area contributed by atoms with Crippen molar-refractivity contribution in [3.05, 3.63) is 35.7 Å². The fourth-order valence-corrected chi connectivity index (χ4v) is 1.77. The molecule has 1 N–H and O–H groups in total. The molecule has 0 amide bonds. The monoisotopic (exact) mass is 285 g/mol. The van der Waals surface area contributed by atoms with Gasteiger partial charge >= 0.3 is 6.18 Å². The molecule has 7 heteroatoms. The van der Waals surface area contributed by atoms with Crippen molar-refractivity contribution in [1.82, 2.24) is 15.2 Å². The lowest BCUT2D eigenvalue weighted by Gasteiger charge is -2.11. The molecule has 20 heavy (non-hydrogen) atoms. The van der Waals surface area contributed by atoms with Crippen LogP contribution in [-0.2, 0) is 10.9 Å². The van der Waals surface area contributed by atoms with Crippen molar-refractivity contribution in [2.75, 3.05) is 6.61 Å². The number of nitrogens with zero attached hydrogens (tertiary/aromatic N) is 2. The predicted molar refractivity (Wildman–Crippen MR) is 66.9 cm³/mol. The number of hydrogen-bond acceptors (Lipinski definition) is 3. The molecule has 1 atom stereocenters. The van der Waals surface area contributed by atoms with Crippen LogP contribution in [0.4, 0.5) is 13.2 Å². The average Bonchev–Trinajstić information content (AvgIpc) is 2.89. The number of alkyl halides is 3. The molecule has 1 aromatic heterocycles. The van der Waals surface area contributed by atoms with E-state index in [1.807, 2.05) is 18.9 Å². The summed E-state index contributed by atoms with van der Waals surface area (Å²) in [5.74, 6) is -1.08. The molecule has 0 spiro atoms. The lowest BCUT2D eigenvalue weighted by molar-refractivity contribution is -0.144. The zero-order valence-electron chi connectivity index (χ0n) is 11.0. The highest BCUT2D eigenvalue weighted by Crippen LogP contribution is 2.28. The van der Waals surface area contributed by atoms with Gasteiger partial charge in [0, 0.05) is 12.2 Å². The second kappa shape index (κ2) is 5.62. The number of hydrogen-bond donors (Lipinski definition) is 1. The summed E-state index contributed by atoms with van der Waals surface area (Å²) >= 11 is 0. The van der Waals surface area contributed by atoms with E-state index in [0.717, 1.165) is 5.56 Å². The van der Waals surface area contributed by atoms with Crippen LogP contribution < -0.4 is 0 Å². The fourth-order valence-electron chi connectivity index (χ4n) is 1.77. The van der Waals surface area contributed by atoms with E-state index in [1.54, 1.807) is 24.3 Å². The van der Waals surface area contributed by atoms with Gasteiger partial charge in [-0.1, -0.05) is 24.3 Å². The third kappa shape index (κ3) is 3.16. The lowest BCUT2D eigenvalue weighted by atomic mass is 10.1. The molecule has 1 unspecified atom stereocenters. The Hall–Kier alpha value is -1.89. The molecule has 0 saturated carbocycles. The predicted octanol–water partition coefficient (Wildman–Crippen LogP) is 3.59. The lowest BCUT2D eigenvalue weighted by Crippen LogP contribution is -2.07. The maximum atomic E-state index is 12.4. The summed E-state index contributed by atoms with van der Waals surface area (Å²) in [7, 11) is 0. The summed E-state index contributed by atoms with van der Waals surface area (Å²) in [6.45, 7) is 4.41. The topological polar surface area (TPSA) is 50.8 Å². The molecule has 0 aliphatic heterocycles. The van der Waals surface area contributed by atoms with E-state index in [0.29, 0.717) is 12.2 Å². The Kier molecular flexibility index (Phi) is 4.08. The number of nitrogens with one attached hydrogen (secondary N) is 1. The van der Waals surface area contributed by atoms with Crippen molar-refractivity contribution >= 4 is 0 Å². The van der Waals surface area contributed by atoms with Crippen molar-refractivity contribution < 1.29 is 17.9 Å². The number of benzene rings is 1. The minimum Gasteiger partial charge on any atom is -0.374 e. The summed E-state index contributed by atoms with van der Waals surface area (Å²) in [5.41, 5.74) is 1.46. The van der Waals surface area contributed by atoms with E-state index in [9.17, 15) is 13.2 Å². The largest absolute Gasteiger partial charge is 0.451 e. The molecule has 1 heterocycles. The molecular formula is C13H14F3N3O. The molecule has 0 radical (unpaired) electrons. The van der Waals surface area contributed by atoms with Gasteiger partial charge in [0.05, 0.1) is 6.10 Å². The second-order valence-corrected chi connectivity index (χ2v) is 4.22. The Labute approximate surface area is 114 Å². The fraction of sp³-hybridized carbons (Fsp3) is 0.385. The molecule has 0 saturated heterocycles. The van der Waals surface area contributed by atoms with Crippen LogP contribution in [0.15, 0.2) is 24.3 Å². The molecule has 0 aliphatic carbocycles. The maximum Gasteiger partial charge on any atom is 0.451 e. The molecule has 108 valence electrons.